The number of hydrogen-bond acceptors (Lipinski definition) is 5. The maximum Gasteiger partial charge on any atom is 0.246 e. The maximum absolute atomic E-state index is 14.3. The average molecular weight is 579 g/mol. The highest BCUT2D eigenvalue weighted by Crippen LogP contribution is 2.55. The molecule has 1 aromatic rings. The maximum atomic E-state index is 14.3. The van der Waals surface area contributed by atoms with Gasteiger partial charge in [-0.3, -0.25) is 14.4 Å². The highest BCUT2D eigenvalue weighted by molar-refractivity contribution is 6.02. The molecule has 1 saturated carbocycles. The number of rotatable bonds is 11. The van der Waals surface area contributed by atoms with Crippen LogP contribution in [-0.4, -0.2) is 77.5 Å². The van der Waals surface area contributed by atoms with Gasteiger partial charge in [-0.1, -0.05) is 58.8 Å². The molecule has 8 atom stereocenters. The van der Waals surface area contributed by atoms with E-state index in [4.69, 9.17) is 4.74 Å². The summed E-state index contributed by atoms with van der Waals surface area (Å²) in [5.74, 6) is -1.08. The largest absolute Gasteiger partial charge is 0.359 e. The summed E-state index contributed by atoms with van der Waals surface area (Å²) in [7, 11) is 0. The minimum atomic E-state index is -1.14. The lowest BCUT2D eigenvalue weighted by atomic mass is 9.73. The van der Waals surface area contributed by atoms with Gasteiger partial charge in [-0.2, -0.15) is 0 Å². The van der Waals surface area contributed by atoms with E-state index in [1.807, 2.05) is 44.2 Å². The zero-order valence-corrected chi connectivity index (χ0v) is 26.3. The van der Waals surface area contributed by atoms with Crippen LogP contribution in [0.4, 0.5) is 5.69 Å². The van der Waals surface area contributed by atoms with Crippen LogP contribution in [0, 0.1) is 37.5 Å². The van der Waals surface area contributed by atoms with Crippen molar-refractivity contribution in [2.24, 2.45) is 23.7 Å². The van der Waals surface area contributed by atoms with E-state index in [0.29, 0.717) is 30.6 Å². The summed E-state index contributed by atoms with van der Waals surface area (Å²) >= 11 is 0. The van der Waals surface area contributed by atoms with Crippen molar-refractivity contribution >= 4 is 23.4 Å². The van der Waals surface area contributed by atoms with Gasteiger partial charge < -0.3 is 25.2 Å². The first-order valence-corrected chi connectivity index (χ1v) is 16.2. The third-order valence-corrected chi connectivity index (χ3v) is 10.5. The first kappa shape index (κ1) is 30.7. The van der Waals surface area contributed by atoms with Crippen LogP contribution in [0.2, 0.25) is 0 Å². The number of hydrogen-bond donors (Lipinski definition) is 2. The molecule has 8 nitrogen and oxygen atoms in total. The van der Waals surface area contributed by atoms with Crippen LogP contribution in [0.5, 0.6) is 0 Å². The van der Waals surface area contributed by atoms with Crippen LogP contribution < -0.4 is 10.6 Å². The summed E-state index contributed by atoms with van der Waals surface area (Å²) in [4.78, 5) is 46.5. The number of aryl methyl sites for hydroxylation is 2. The molecule has 5 rings (SSSR count). The van der Waals surface area contributed by atoms with E-state index in [0.717, 1.165) is 49.9 Å². The van der Waals surface area contributed by atoms with Crippen molar-refractivity contribution in [3.8, 4) is 0 Å². The number of fused-ring (bicyclic) bond motifs is 1. The predicted octanol–water partition coefficient (Wildman–Crippen LogP) is 4.46. The van der Waals surface area contributed by atoms with Crippen molar-refractivity contribution in [3.63, 3.8) is 0 Å². The molecule has 0 radical (unpaired) electrons. The molecule has 1 aromatic carbocycles. The normalized spacial score (nSPS) is 33.4. The number of carbonyl (C=O) groups excluding carboxylic acids is 3. The lowest BCUT2D eigenvalue weighted by Gasteiger charge is -2.38. The second-order valence-corrected chi connectivity index (χ2v) is 13.2. The Hall–Kier alpha value is -2.71. The van der Waals surface area contributed by atoms with Crippen LogP contribution in [0.25, 0.3) is 0 Å². The van der Waals surface area contributed by atoms with E-state index in [9.17, 15) is 14.4 Å². The van der Waals surface area contributed by atoms with Crippen LogP contribution in [0.3, 0.4) is 0 Å². The van der Waals surface area contributed by atoms with Crippen molar-refractivity contribution in [2.45, 2.75) is 97.4 Å². The van der Waals surface area contributed by atoms with Gasteiger partial charge in [0.2, 0.25) is 17.7 Å². The number of benzene rings is 1. The summed E-state index contributed by atoms with van der Waals surface area (Å²) in [6, 6.07) is 5.09. The molecule has 8 heteroatoms. The molecule has 230 valence electrons. The van der Waals surface area contributed by atoms with Gasteiger partial charge in [-0.05, 0) is 81.3 Å². The first-order valence-electron chi connectivity index (χ1n) is 16.2. The molecule has 4 aliphatic rings. The molecule has 3 amide bonds. The Balaban J connectivity index is 1.43. The number of nitrogens with one attached hydrogen (secondary N) is 2. The molecule has 2 saturated heterocycles. The van der Waals surface area contributed by atoms with Gasteiger partial charge in [-0.15, -0.1) is 0 Å². The fraction of sp³-hybridized carbons (Fsp3) is 0.676. The summed E-state index contributed by atoms with van der Waals surface area (Å²) < 4.78 is 6.56. The molecular formula is C34H50N4O4. The SMILES string of the molecule is CCCN(CCC)CCN1C(=O)[C@@H]2[C@H](C(=O)Nc3ccc(C)c(C)c3)[C@@H]3C=C[C@@]2(O3)[C@@H]1C(=O)N[C@@H]1CCC[C@H](C)[C@@H]1C. The Morgan fingerprint density at radius 3 is 2.48 bits per heavy atom. The number of ether oxygens (including phenoxy) is 1. The predicted molar refractivity (Wildman–Crippen MR) is 165 cm³/mol. The number of nitrogens with zero attached hydrogens (tertiary/aromatic N) is 2. The summed E-state index contributed by atoms with van der Waals surface area (Å²) in [5, 5.41) is 6.41. The van der Waals surface area contributed by atoms with E-state index in [1.165, 1.54) is 6.42 Å². The van der Waals surface area contributed by atoms with Crippen molar-refractivity contribution in [2.75, 3.05) is 31.5 Å². The minimum Gasteiger partial charge on any atom is -0.359 e. The molecule has 1 spiro atoms. The smallest absolute Gasteiger partial charge is 0.246 e. The van der Waals surface area contributed by atoms with Crippen molar-refractivity contribution in [1.29, 1.82) is 0 Å². The third-order valence-electron chi connectivity index (χ3n) is 10.5. The molecular weight excluding hydrogens is 528 g/mol. The zero-order chi connectivity index (χ0) is 30.2. The van der Waals surface area contributed by atoms with E-state index in [1.54, 1.807) is 4.90 Å². The van der Waals surface area contributed by atoms with Gasteiger partial charge in [0.05, 0.1) is 17.9 Å². The summed E-state index contributed by atoms with van der Waals surface area (Å²) in [6.45, 7) is 15.8. The van der Waals surface area contributed by atoms with Crippen LogP contribution in [-0.2, 0) is 19.1 Å². The van der Waals surface area contributed by atoms with Crippen molar-refractivity contribution in [1.82, 2.24) is 15.1 Å². The molecule has 2 bridgehead atoms. The van der Waals surface area contributed by atoms with Gasteiger partial charge in [-0.25, -0.2) is 0 Å². The molecule has 42 heavy (non-hydrogen) atoms. The molecule has 1 aliphatic carbocycles. The Morgan fingerprint density at radius 2 is 1.79 bits per heavy atom. The second-order valence-electron chi connectivity index (χ2n) is 13.2. The van der Waals surface area contributed by atoms with Gasteiger partial charge in [0.1, 0.15) is 11.6 Å². The second kappa shape index (κ2) is 12.5. The van der Waals surface area contributed by atoms with Gasteiger partial charge in [0, 0.05) is 24.8 Å². The standard InChI is InChI=1S/C34H50N4O4/c1-7-16-37(17-8-2)18-19-38-30(32(40)36-26-11-9-10-22(4)24(26)6)34-15-14-27(42-34)28(29(34)33(38)41)31(39)35-25-13-12-21(3)23(5)20-25/h12-15,20,22,24,26-30H,7-11,16-19H2,1-6H3,(H,35,39)(H,36,40)/t22-,24-,26+,27-,28+,29-,30-,34-/m0/s1. The molecule has 0 unspecified atom stereocenters. The summed E-state index contributed by atoms with van der Waals surface area (Å²) in [5.41, 5.74) is 1.80. The molecule has 0 aromatic heterocycles. The van der Waals surface area contributed by atoms with E-state index in [-0.39, 0.29) is 23.8 Å². The number of anilines is 1. The van der Waals surface area contributed by atoms with E-state index < -0.39 is 29.6 Å². The van der Waals surface area contributed by atoms with Crippen LogP contribution >= 0.6 is 0 Å². The highest BCUT2D eigenvalue weighted by atomic mass is 16.5. The quantitative estimate of drug-likeness (QED) is 0.379. The Labute approximate surface area is 251 Å². The minimum absolute atomic E-state index is 0.0665. The Morgan fingerprint density at radius 1 is 1.05 bits per heavy atom. The molecule has 3 fully saturated rings. The first-order chi connectivity index (χ1) is 20.1. The van der Waals surface area contributed by atoms with Crippen molar-refractivity contribution < 1.29 is 19.1 Å². The fourth-order valence-corrected chi connectivity index (χ4v) is 7.82. The molecule has 3 aliphatic heterocycles. The monoisotopic (exact) mass is 578 g/mol. The third kappa shape index (κ3) is 5.52. The van der Waals surface area contributed by atoms with E-state index >= 15 is 0 Å². The van der Waals surface area contributed by atoms with Crippen molar-refractivity contribution in [3.05, 3.63) is 41.5 Å². The van der Waals surface area contributed by atoms with Gasteiger partial charge in [0.15, 0.2) is 0 Å². The van der Waals surface area contributed by atoms with Crippen LogP contribution in [0.1, 0.15) is 70.9 Å². The molecule has 3 heterocycles. The lowest BCUT2D eigenvalue weighted by molar-refractivity contribution is -0.141. The Bertz CT molecular complexity index is 1210. The van der Waals surface area contributed by atoms with E-state index in [2.05, 4.69) is 43.2 Å². The zero-order valence-electron chi connectivity index (χ0n) is 26.3. The van der Waals surface area contributed by atoms with Crippen LogP contribution in [0.15, 0.2) is 30.4 Å². The Kier molecular flexibility index (Phi) is 9.14. The van der Waals surface area contributed by atoms with Gasteiger partial charge >= 0.3 is 0 Å². The lowest BCUT2D eigenvalue weighted by Crippen LogP contribution is -2.58. The number of amides is 3. The number of carbonyl (C=O) groups is 3. The average Bonchev–Trinajstić information content (AvgIpc) is 3.59. The summed E-state index contributed by atoms with van der Waals surface area (Å²) in [6.07, 6.45) is 8.51. The topological polar surface area (TPSA) is 91.0 Å². The molecule has 2 N–H and O–H groups in total. The highest BCUT2D eigenvalue weighted by Gasteiger charge is 2.72. The fourth-order valence-electron chi connectivity index (χ4n) is 7.82. The van der Waals surface area contributed by atoms with Gasteiger partial charge in [0.25, 0.3) is 0 Å². The number of likely N-dealkylation sites (tertiary alicyclic amines) is 1.